The molecule has 0 bridgehead atoms. The number of aliphatic hydroxyl groups is 1. The molecule has 1 atom stereocenters. The summed E-state index contributed by atoms with van der Waals surface area (Å²) in [5.41, 5.74) is 2.29. The summed E-state index contributed by atoms with van der Waals surface area (Å²) in [6.07, 6.45) is 5.81. The maximum absolute atomic E-state index is 9.76. The molecule has 1 saturated carbocycles. The molecule has 0 spiro atoms. The highest BCUT2D eigenvalue weighted by Crippen LogP contribution is 2.28. The monoisotopic (exact) mass is 233 g/mol. The summed E-state index contributed by atoms with van der Waals surface area (Å²) in [7, 11) is 2.18. The van der Waals surface area contributed by atoms with Crippen molar-refractivity contribution in [3.8, 4) is 0 Å². The van der Waals surface area contributed by atoms with E-state index in [2.05, 4.69) is 36.2 Å². The number of benzene rings is 1. The fourth-order valence-electron chi connectivity index (χ4n) is 2.67. The van der Waals surface area contributed by atoms with Gasteiger partial charge in [0.15, 0.2) is 0 Å². The molecule has 0 aliphatic heterocycles. The minimum Gasteiger partial charge on any atom is -0.388 e. The second-order valence-corrected chi connectivity index (χ2v) is 5.06. The molecular weight excluding hydrogens is 210 g/mol. The molecule has 1 aromatic rings. The molecule has 0 amide bonds. The zero-order valence-electron chi connectivity index (χ0n) is 10.9. The minimum absolute atomic E-state index is 0.319. The van der Waals surface area contributed by atoms with Gasteiger partial charge in [0, 0.05) is 18.8 Å². The van der Waals surface area contributed by atoms with Crippen molar-refractivity contribution >= 4 is 5.69 Å². The van der Waals surface area contributed by atoms with Gasteiger partial charge in [-0.05, 0) is 37.0 Å². The number of aliphatic hydroxyl groups excluding tert-OH is 1. The topological polar surface area (TPSA) is 23.5 Å². The molecule has 0 unspecified atom stereocenters. The van der Waals surface area contributed by atoms with Gasteiger partial charge >= 0.3 is 0 Å². The Hall–Kier alpha value is -1.02. The summed E-state index contributed by atoms with van der Waals surface area (Å²) in [5.74, 6) is 0. The van der Waals surface area contributed by atoms with Gasteiger partial charge < -0.3 is 10.0 Å². The molecule has 2 heteroatoms. The summed E-state index contributed by atoms with van der Waals surface area (Å²) in [5, 5.41) is 9.76. The van der Waals surface area contributed by atoms with Gasteiger partial charge in [0.25, 0.3) is 0 Å². The van der Waals surface area contributed by atoms with Gasteiger partial charge in [-0.3, -0.25) is 0 Å². The first-order valence-corrected chi connectivity index (χ1v) is 6.73. The highest BCUT2D eigenvalue weighted by molar-refractivity contribution is 5.48. The lowest BCUT2D eigenvalue weighted by Gasteiger charge is -2.26. The van der Waals surface area contributed by atoms with Crippen LogP contribution in [0.25, 0.3) is 0 Å². The third-order valence-electron chi connectivity index (χ3n) is 3.94. The minimum atomic E-state index is -0.319. The van der Waals surface area contributed by atoms with Gasteiger partial charge in [-0.1, -0.05) is 31.9 Å². The fraction of sp³-hybridized carbons (Fsp3) is 0.600. The lowest BCUT2D eigenvalue weighted by Crippen LogP contribution is -2.28. The van der Waals surface area contributed by atoms with Crippen LogP contribution in [0.1, 0.15) is 50.7 Å². The molecule has 1 aromatic carbocycles. The van der Waals surface area contributed by atoms with Crippen LogP contribution in [0.4, 0.5) is 5.69 Å². The summed E-state index contributed by atoms with van der Waals surface area (Å²) < 4.78 is 0. The molecule has 1 aliphatic carbocycles. The third-order valence-corrected chi connectivity index (χ3v) is 3.94. The van der Waals surface area contributed by atoms with Crippen LogP contribution in [0, 0.1) is 0 Å². The van der Waals surface area contributed by atoms with Crippen molar-refractivity contribution in [3.05, 3.63) is 29.8 Å². The molecular formula is C15H23NO. The number of hydrogen-bond acceptors (Lipinski definition) is 2. The summed E-state index contributed by atoms with van der Waals surface area (Å²) >= 11 is 0. The van der Waals surface area contributed by atoms with Crippen molar-refractivity contribution in [1.82, 2.24) is 0 Å². The van der Waals surface area contributed by atoms with Gasteiger partial charge in [0.05, 0.1) is 6.10 Å². The Bertz CT molecular complexity index is 340. The first-order chi connectivity index (χ1) is 8.22. The van der Waals surface area contributed by atoms with Crippen molar-refractivity contribution in [2.75, 3.05) is 11.9 Å². The van der Waals surface area contributed by atoms with Crippen LogP contribution >= 0.6 is 0 Å². The highest BCUT2D eigenvalue weighted by Gasteiger charge is 2.19. The van der Waals surface area contributed by atoms with E-state index in [9.17, 15) is 5.11 Å². The molecule has 2 nitrogen and oxygen atoms in total. The number of nitrogens with zero attached hydrogens (tertiary/aromatic N) is 1. The molecule has 0 radical (unpaired) electrons. The van der Waals surface area contributed by atoms with Gasteiger partial charge in [-0.15, -0.1) is 0 Å². The maximum Gasteiger partial charge on any atom is 0.0787 e. The van der Waals surface area contributed by atoms with E-state index in [1.165, 1.54) is 31.4 Å². The average Bonchev–Trinajstić information content (AvgIpc) is 2.91. The Morgan fingerprint density at radius 2 is 1.82 bits per heavy atom. The Labute approximate surface area is 104 Å². The average molecular weight is 233 g/mol. The second-order valence-electron chi connectivity index (χ2n) is 5.06. The standard InChI is InChI=1S/C15H23NO/c1-3-15(17)12-8-10-14(11-9-12)16(2)13-6-4-5-7-13/h8-11,13,15,17H,3-7H2,1-2H3/t15-/m1/s1. The first-order valence-electron chi connectivity index (χ1n) is 6.73. The van der Waals surface area contributed by atoms with Crippen molar-refractivity contribution in [3.63, 3.8) is 0 Å². The quantitative estimate of drug-likeness (QED) is 0.860. The van der Waals surface area contributed by atoms with Crippen LogP contribution in [0.5, 0.6) is 0 Å². The van der Waals surface area contributed by atoms with E-state index in [0.29, 0.717) is 6.04 Å². The summed E-state index contributed by atoms with van der Waals surface area (Å²) in [4.78, 5) is 2.38. The van der Waals surface area contributed by atoms with Crippen molar-refractivity contribution < 1.29 is 5.11 Å². The van der Waals surface area contributed by atoms with E-state index in [0.717, 1.165) is 12.0 Å². The zero-order valence-corrected chi connectivity index (χ0v) is 10.9. The van der Waals surface area contributed by atoms with Crippen LogP contribution < -0.4 is 4.90 Å². The van der Waals surface area contributed by atoms with E-state index >= 15 is 0 Å². The molecule has 0 saturated heterocycles. The van der Waals surface area contributed by atoms with E-state index in [4.69, 9.17) is 0 Å². The van der Waals surface area contributed by atoms with Gasteiger partial charge in [0.1, 0.15) is 0 Å². The number of anilines is 1. The van der Waals surface area contributed by atoms with Gasteiger partial charge in [-0.25, -0.2) is 0 Å². The van der Waals surface area contributed by atoms with E-state index in [-0.39, 0.29) is 6.10 Å². The number of hydrogen-bond donors (Lipinski definition) is 1. The Kier molecular flexibility index (Phi) is 4.06. The van der Waals surface area contributed by atoms with Crippen LogP contribution in [0.15, 0.2) is 24.3 Å². The Morgan fingerprint density at radius 3 is 2.35 bits per heavy atom. The smallest absolute Gasteiger partial charge is 0.0787 e. The van der Waals surface area contributed by atoms with E-state index < -0.39 is 0 Å². The summed E-state index contributed by atoms with van der Waals surface area (Å²) in [6.45, 7) is 2.00. The first kappa shape index (κ1) is 12.4. The Balaban J connectivity index is 2.06. The van der Waals surface area contributed by atoms with Crippen LogP contribution in [0.3, 0.4) is 0 Å². The Morgan fingerprint density at radius 1 is 1.24 bits per heavy atom. The molecule has 1 aliphatic rings. The van der Waals surface area contributed by atoms with E-state index in [1.807, 2.05) is 6.92 Å². The summed E-state index contributed by atoms with van der Waals surface area (Å²) in [6, 6.07) is 9.07. The van der Waals surface area contributed by atoms with Crippen molar-refractivity contribution in [2.24, 2.45) is 0 Å². The third kappa shape index (κ3) is 2.81. The second kappa shape index (κ2) is 5.54. The van der Waals surface area contributed by atoms with Crippen molar-refractivity contribution in [2.45, 2.75) is 51.2 Å². The predicted molar refractivity (Wildman–Crippen MR) is 72.4 cm³/mol. The lowest BCUT2D eigenvalue weighted by molar-refractivity contribution is 0.173. The van der Waals surface area contributed by atoms with Crippen LogP contribution in [-0.4, -0.2) is 18.2 Å². The zero-order chi connectivity index (χ0) is 12.3. The van der Waals surface area contributed by atoms with Crippen LogP contribution in [0.2, 0.25) is 0 Å². The van der Waals surface area contributed by atoms with Crippen LogP contribution in [-0.2, 0) is 0 Å². The van der Waals surface area contributed by atoms with E-state index in [1.54, 1.807) is 0 Å². The largest absolute Gasteiger partial charge is 0.388 e. The molecule has 17 heavy (non-hydrogen) atoms. The fourth-order valence-corrected chi connectivity index (χ4v) is 2.67. The predicted octanol–water partition coefficient (Wildman–Crippen LogP) is 3.51. The van der Waals surface area contributed by atoms with Gasteiger partial charge in [0.2, 0.25) is 0 Å². The van der Waals surface area contributed by atoms with Crippen molar-refractivity contribution in [1.29, 1.82) is 0 Å². The molecule has 0 heterocycles. The molecule has 1 N–H and O–H groups in total. The number of rotatable bonds is 4. The molecule has 0 aromatic heterocycles. The molecule has 94 valence electrons. The SMILES string of the molecule is CC[C@@H](O)c1ccc(N(C)C2CCCC2)cc1. The molecule has 1 fully saturated rings. The van der Waals surface area contributed by atoms with Gasteiger partial charge in [-0.2, -0.15) is 0 Å². The lowest BCUT2D eigenvalue weighted by atomic mass is 10.1. The highest BCUT2D eigenvalue weighted by atomic mass is 16.3. The maximum atomic E-state index is 9.76. The normalized spacial score (nSPS) is 18.3. The molecule has 2 rings (SSSR count).